The largest absolute Gasteiger partial charge is 0.481 e. The number of hydrogen-bond acceptors (Lipinski definition) is 10. The van der Waals surface area contributed by atoms with Crippen molar-refractivity contribution in [3.63, 3.8) is 0 Å². The monoisotopic (exact) mass is 594 g/mol. The Labute approximate surface area is 230 Å². The van der Waals surface area contributed by atoms with E-state index < -0.39 is 109 Å². The number of nitrogens with one attached hydrogen (secondary N) is 5. The van der Waals surface area contributed by atoms with Gasteiger partial charge in [-0.05, 0) is 25.1 Å². The van der Waals surface area contributed by atoms with Gasteiger partial charge in [-0.3, -0.25) is 28.8 Å². The smallest absolute Gasteiger partial charge is 0.326 e. The van der Waals surface area contributed by atoms with E-state index in [0.29, 0.717) is 0 Å². The van der Waals surface area contributed by atoms with Gasteiger partial charge in [0.2, 0.25) is 17.7 Å². The fourth-order valence-electron chi connectivity index (χ4n) is 2.77. The highest BCUT2D eigenvalue weighted by Gasteiger charge is 2.27. The van der Waals surface area contributed by atoms with Gasteiger partial charge < -0.3 is 57.9 Å². The number of rotatable bonds is 19. The van der Waals surface area contributed by atoms with E-state index in [2.05, 4.69) is 16.0 Å². The molecule has 20 heteroatoms. The van der Waals surface area contributed by atoms with Gasteiger partial charge in [0.25, 0.3) is 0 Å². The van der Waals surface area contributed by atoms with Crippen LogP contribution in [0.5, 0.6) is 0 Å². The Bertz CT molecular complexity index is 1010. The third kappa shape index (κ3) is 15.6. The van der Waals surface area contributed by atoms with Crippen LogP contribution < -0.4 is 32.3 Å². The predicted octanol–water partition coefficient (Wildman–Crippen LogP) is -4.39. The van der Waals surface area contributed by atoms with Crippen molar-refractivity contribution in [1.29, 1.82) is 0 Å². The van der Waals surface area contributed by atoms with Gasteiger partial charge in [0.05, 0.1) is 6.42 Å². The molecule has 3 amide bonds. The van der Waals surface area contributed by atoms with Crippen molar-refractivity contribution in [1.82, 2.24) is 26.6 Å². The molecule has 0 rings (SSSR count). The molecule has 0 radical (unpaired) electrons. The summed E-state index contributed by atoms with van der Waals surface area (Å²) in [7, 11) is 0. The number of thiocarbonyl (C=S) groups is 1. The number of carbonyl (C=O) groups is 8. The van der Waals surface area contributed by atoms with Gasteiger partial charge in [-0.1, -0.05) is 0 Å². The Kier molecular flexibility index (Phi) is 15.8. The minimum atomic E-state index is -1.66. The molecule has 4 unspecified atom stereocenters. The van der Waals surface area contributed by atoms with Gasteiger partial charge in [-0.25, -0.2) is 9.59 Å². The highest BCUT2D eigenvalue weighted by atomic mass is 32.1. The molecule has 40 heavy (non-hydrogen) atoms. The SMILES string of the molecule is NC(CNC(=O)CCC(NC(=S)NC(CCC(=O)O)C(=O)O)C(=O)O)C(=O)NC(CC(=O)O)C(=O)NCC(=O)O. The molecule has 0 aromatic carbocycles. The number of nitrogens with two attached hydrogens (primary N) is 1. The summed E-state index contributed by atoms with van der Waals surface area (Å²) < 4.78 is 0. The topological polar surface area (TPSA) is 324 Å². The van der Waals surface area contributed by atoms with Gasteiger partial charge in [-0.15, -0.1) is 0 Å². The summed E-state index contributed by atoms with van der Waals surface area (Å²) in [5.74, 6) is -9.91. The first-order valence-electron chi connectivity index (χ1n) is 11.3. The minimum absolute atomic E-state index is 0.343. The summed E-state index contributed by atoms with van der Waals surface area (Å²) in [6, 6.07) is -6.01. The van der Waals surface area contributed by atoms with E-state index in [-0.39, 0.29) is 12.8 Å². The first-order valence-corrected chi connectivity index (χ1v) is 11.7. The van der Waals surface area contributed by atoms with E-state index in [4.69, 9.17) is 38.4 Å². The fraction of sp³-hybridized carbons (Fsp3) is 0.550. The molecular weight excluding hydrogens is 564 g/mol. The van der Waals surface area contributed by atoms with Crippen LogP contribution in [0.15, 0.2) is 0 Å². The third-order valence-electron chi connectivity index (χ3n) is 4.80. The maximum absolute atomic E-state index is 12.2. The molecule has 0 aliphatic rings. The lowest BCUT2D eigenvalue weighted by molar-refractivity contribution is -0.142. The maximum atomic E-state index is 12.2. The van der Waals surface area contributed by atoms with Crippen molar-refractivity contribution < 1.29 is 63.9 Å². The van der Waals surface area contributed by atoms with Crippen molar-refractivity contribution in [2.45, 2.75) is 56.3 Å². The second-order valence-corrected chi connectivity index (χ2v) is 8.46. The molecule has 12 N–H and O–H groups in total. The maximum Gasteiger partial charge on any atom is 0.326 e. The molecule has 0 saturated heterocycles. The molecule has 0 fully saturated rings. The van der Waals surface area contributed by atoms with E-state index in [1.165, 1.54) is 0 Å². The van der Waals surface area contributed by atoms with Gasteiger partial charge in [0, 0.05) is 19.4 Å². The Hall–Kier alpha value is -4.59. The molecule has 0 saturated carbocycles. The normalized spacial score (nSPS) is 13.3. The predicted molar refractivity (Wildman–Crippen MR) is 134 cm³/mol. The summed E-state index contributed by atoms with van der Waals surface area (Å²) >= 11 is 4.87. The van der Waals surface area contributed by atoms with Crippen molar-refractivity contribution in [2.75, 3.05) is 13.1 Å². The number of carboxylic acid groups (broad SMARTS) is 5. The van der Waals surface area contributed by atoms with Crippen LogP contribution in [0.2, 0.25) is 0 Å². The molecule has 0 aromatic heterocycles. The zero-order valence-corrected chi connectivity index (χ0v) is 21.6. The fourth-order valence-corrected chi connectivity index (χ4v) is 3.05. The third-order valence-corrected chi connectivity index (χ3v) is 5.03. The van der Waals surface area contributed by atoms with E-state index in [1.54, 1.807) is 0 Å². The summed E-state index contributed by atoms with van der Waals surface area (Å²) in [6.45, 7) is -1.33. The summed E-state index contributed by atoms with van der Waals surface area (Å²) in [6.07, 6.45) is -2.51. The Morgan fingerprint density at radius 3 is 1.62 bits per heavy atom. The first kappa shape index (κ1) is 35.4. The molecule has 224 valence electrons. The van der Waals surface area contributed by atoms with Crippen LogP contribution in [0.1, 0.15) is 32.1 Å². The Balaban J connectivity index is 4.84. The van der Waals surface area contributed by atoms with Crippen LogP contribution in [-0.2, 0) is 38.4 Å². The Morgan fingerprint density at radius 1 is 0.650 bits per heavy atom. The number of aliphatic carboxylic acids is 5. The molecular formula is C20H30N6O13S. The molecule has 0 spiro atoms. The Morgan fingerprint density at radius 2 is 1.18 bits per heavy atom. The number of hydrogen-bond donors (Lipinski definition) is 11. The average Bonchev–Trinajstić information content (AvgIpc) is 2.84. The number of amides is 3. The molecule has 19 nitrogen and oxygen atoms in total. The van der Waals surface area contributed by atoms with Gasteiger partial charge >= 0.3 is 29.8 Å². The van der Waals surface area contributed by atoms with Crippen LogP contribution in [0, 0.1) is 0 Å². The average molecular weight is 595 g/mol. The van der Waals surface area contributed by atoms with Crippen LogP contribution >= 0.6 is 12.2 Å². The van der Waals surface area contributed by atoms with E-state index in [9.17, 15) is 43.5 Å². The molecule has 0 aliphatic carbocycles. The molecule has 4 atom stereocenters. The van der Waals surface area contributed by atoms with Gasteiger partial charge in [0.15, 0.2) is 5.11 Å². The molecule has 0 heterocycles. The highest BCUT2D eigenvalue weighted by molar-refractivity contribution is 7.80. The second-order valence-electron chi connectivity index (χ2n) is 8.05. The van der Waals surface area contributed by atoms with E-state index >= 15 is 0 Å². The zero-order valence-electron chi connectivity index (χ0n) is 20.7. The number of carboxylic acids is 5. The molecule has 0 aromatic rings. The second kappa shape index (κ2) is 17.8. The quantitative estimate of drug-likeness (QED) is 0.0629. The van der Waals surface area contributed by atoms with Crippen LogP contribution in [-0.4, -0.2) is 115 Å². The lowest BCUT2D eigenvalue weighted by Crippen LogP contribution is -2.55. The van der Waals surface area contributed by atoms with E-state index in [0.717, 1.165) is 0 Å². The van der Waals surface area contributed by atoms with E-state index in [1.807, 2.05) is 10.6 Å². The van der Waals surface area contributed by atoms with Gasteiger partial charge in [0.1, 0.15) is 30.7 Å². The van der Waals surface area contributed by atoms with Crippen LogP contribution in [0.4, 0.5) is 0 Å². The van der Waals surface area contributed by atoms with Crippen LogP contribution in [0.25, 0.3) is 0 Å². The molecule has 0 aliphatic heterocycles. The van der Waals surface area contributed by atoms with Crippen molar-refractivity contribution in [3.05, 3.63) is 0 Å². The summed E-state index contributed by atoms with van der Waals surface area (Å²) in [4.78, 5) is 91.2. The zero-order chi connectivity index (χ0) is 31.0. The standard InChI is InChI=1S/C20H30N6O13S/c21-8(16(34)24-11(5-14(30)31)17(35)23-7-15(32)33)6-22-12(27)3-1-9(18(36)37)25-20(40)26-10(19(38)39)2-4-13(28)29/h8-11H,1-7,21H2,(H,22,27)(H,23,35)(H,24,34)(H,28,29)(H,30,31)(H,32,33)(H,36,37)(H,38,39)(H2,25,26,40). The van der Waals surface area contributed by atoms with Crippen molar-refractivity contribution >= 4 is 64.9 Å². The lowest BCUT2D eigenvalue weighted by atomic mass is 10.1. The highest BCUT2D eigenvalue weighted by Crippen LogP contribution is 2.02. The van der Waals surface area contributed by atoms with Crippen molar-refractivity contribution in [3.8, 4) is 0 Å². The minimum Gasteiger partial charge on any atom is -0.481 e. The summed E-state index contributed by atoms with van der Waals surface area (Å²) in [5, 5.41) is 55.1. The van der Waals surface area contributed by atoms with Crippen molar-refractivity contribution in [2.24, 2.45) is 5.73 Å². The first-order chi connectivity index (χ1) is 18.5. The molecule has 0 bridgehead atoms. The lowest BCUT2D eigenvalue weighted by Gasteiger charge is -2.21. The summed E-state index contributed by atoms with van der Waals surface area (Å²) in [5.41, 5.74) is 5.63. The van der Waals surface area contributed by atoms with Crippen LogP contribution in [0.3, 0.4) is 0 Å². The van der Waals surface area contributed by atoms with Gasteiger partial charge in [-0.2, -0.15) is 0 Å². The number of carbonyl (C=O) groups excluding carboxylic acids is 3.